The monoisotopic (exact) mass is 349 g/mol. The lowest BCUT2D eigenvalue weighted by Gasteiger charge is -2.25. The molecule has 3 aromatic rings. The maximum atomic E-state index is 12.5. The third-order valence-corrected chi connectivity index (χ3v) is 4.31. The summed E-state index contributed by atoms with van der Waals surface area (Å²) in [7, 11) is 0. The van der Waals surface area contributed by atoms with Crippen molar-refractivity contribution in [1.82, 2.24) is 19.7 Å². The largest absolute Gasteiger partial charge is 0.480 e. The van der Waals surface area contributed by atoms with Crippen molar-refractivity contribution in [3.63, 3.8) is 0 Å². The molecule has 0 bridgehead atoms. The lowest BCUT2D eigenvalue weighted by atomic mass is 10.0. The second-order valence-corrected chi connectivity index (χ2v) is 6.35. The van der Waals surface area contributed by atoms with Crippen molar-refractivity contribution in [3.05, 3.63) is 59.7 Å². The quantitative estimate of drug-likeness (QED) is 0.786. The summed E-state index contributed by atoms with van der Waals surface area (Å²) in [5, 5.41) is 7.17. The highest BCUT2D eigenvalue weighted by Crippen LogP contribution is 2.27. The van der Waals surface area contributed by atoms with Crippen LogP contribution in [-0.4, -0.2) is 31.8 Å². The Kier molecular flexibility index (Phi) is 4.12. The van der Waals surface area contributed by atoms with Gasteiger partial charge >= 0.3 is 0 Å². The van der Waals surface area contributed by atoms with Crippen LogP contribution in [-0.2, 0) is 11.2 Å². The van der Waals surface area contributed by atoms with Crippen molar-refractivity contribution in [2.45, 2.75) is 32.8 Å². The Morgan fingerprint density at radius 3 is 2.73 bits per heavy atom. The topological polar surface area (TPSA) is 81.9 Å². The van der Waals surface area contributed by atoms with Crippen LogP contribution in [0.3, 0.4) is 0 Å². The van der Waals surface area contributed by atoms with Gasteiger partial charge in [-0.1, -0.05) is 18.2 Å². The van der Waals surface area contributed by atoms with Crippen LogP contribution in [0.1, 0.15) is 23.4 Å². The molecule has 0 saturated heterocycles. The van der Waals surface area contributed by atoms with E-state index in [-0.39, 0.29) is 5.91 Å². The van der Waals surface area contributed by atoms with Crippen LogP contribution in [0.4, 0.5) is 5.69 Å². The van der Waals surface area contributed by atoms with Gasteiger partial charge in [0.05, 0.1) is 23.8 Å². The number of anilines is 1. The van der Waals surface area contributed by atoms with Crippen LogP contribution in [0.2, 0.25) is 0 Å². The number of ether oxygens (including phenoxy) is 1. The summed E-state index contributed by atoms with van der Waals surface area (Å²) in [5.74, 6) is 1.05. The minimum atomic E-state index is -0.513. The van der Waals surface area contributed by atoms with Crippen LogP contribution in [0.25, 0.3) is 5.95 Å². The number of nitrogens with zero attached hydrogens (tertiary/aromatic N) is 4. The van der Waals surface area contributed by atoms with Gasteiger partial charge in [-0.05, 0) is 44.4 Å². The molecule has 7 nitrogen and oxygen atoms in total. The molecule has 1 unspecified atom stereocenters. The number of aryl methyl sites for hydroxylation is 3. The van der Waals surface area contributed by atoms with E-state index in [1.807, 2.05) is 44.2 Å². The van der Waals surface area contributed by atoms with Crippen LogP contribution < -0.4 is 10.1 Å². The Morgan fingerprint density at radius 1 is 1.23 bits per heavy atom. The molecule has 26 heavy (non-hydrogen) atoms. The van der Waals surface area contributed by atoms with Gasteiger partial charge in [0.1, 0.15) is 5.75 Å². The zero-order chi connectivity index (χ0) is 18.1. The molecular weight excluding hydrogens is 330 g/mol. The predicted octanol–water partition coefficient (Wildman–Crippen LogP) is 2.61. The maximum Gasteiger partial charge on any atom is 0.265 e. The average molecular weight is 349 g/mol. The van der Waals surface area contributed by atoms with Gasteiger partial charge in [-0.3, -0.25) is 4.79 Å². The van der Waals surface area contributed by atoms with Crippen molar-refractivity contribution in [2.24, 2.45) is 0 Å². The van der Waals surface area contributed by atoms with Crippen LogP contribution in [0.15, 0.2) is 42.7 Å². The Balaban J connectivity index is 1.44. The Bertz CT molecular complexity index is 949. The summed E-state index contributed by atoms with van der Waals surface area (Å²) < 4.78 is 7.48. The molecule has 1 atom stereocenters. The summed E-state index contributed by atoms with van der Waals surface area (Å²) >= 11 is 0. The summed E-state index contributed by atoms with van der Waals surface area (Å²) in [6.45, 7) is 3.86. The highest BCUT2D eigenvalue weighted by molar-refractivity contribution is 5.94. The average Bonchev–Trinajstić information content (AvgIpc) is 3.00. The number of amides is 1. The molecule has 0 fully saturated rings. The number of hydrogen-bond acceptors (Lipinski definition) is 5. The number of nitrogens with one attached hydrogen (secondary N) is 1. The van der Waals surface area contributed by atoms with Crippen LogP contribution in [0.5, 0.6) is 5.75 Å². The van der Waals surface area contributed by atoms with E-state index in [4.69, 9.17) is 4.74 Å². The van der Waals surface area contributed by atoms with Crippen molar-refractivity contribution in [1.29, 1.82) is 0 Å². The van der Waals surface area contributed by atoms with Gasteiger partial charge in [-0.2, -0.15) is 5.10 Å². The lowest BCUT2D eigenvalue weighted by molar-refractivity contribution is -0.123. The van der Waals surface area contributed by atoms with Gasteiger partial charge in [-0.25, -0.2) is 14.6 Å². The number of rotatable bonds is 3. The molecule has 2 aromatic heterocycles. The highest BCUT2D eigenvalue weighted by Gasteiger charge is 2.26. The fraction of sp³-hybridized carbons (Fsp3) is 0.263. The summed E-state index contributed by atoms with van der Waals surface area (Å²) in [6, 6.07) is 9.75. The molecule has 3 heterocycles. The highest BCUT2D eigenvalue weighted by atomic mass is 16.5. The number of aromatic nitrogens is 4. The summed E-state index contributed by atoms with van der Waals surface area (Å²) in [4.78, 5) is 21.1. The van der Waals surface area contributed by atoms with E-state index in [9.17, 15) is 4.79 Å². The molecule has 0 spiro atoms. The Hall–Kier alpha value is -3.22. The standard InChI is InChI=1S/C19H19N5O2/c1-12-9-13(2)24(23-12)19-20-10-15(11-21-19)22-18(25)17-8-7-14-5-3-4-6-16(14)26-17/h3-6,9-11,17H,7-8H2,1-2H3,(H,22,25). The van der Waals surface area contributed by atoms with Crippen LogP contribution in [0, 0.1) is 13.8 Å². The third kappa shape index (κ3) is 3.15. The summed E-state index contributed by atoms with van der Waals surface area (Å²) in [6.07, 6.45) is 4.11. The van der Waals surface area contributed by atoms with Gasteiger partial charge in [0.15, 0.2) is 6.10 Å². The van der Waals surface area contributed by atoms with Gasteiger partial charge in [0.2, 0.25) is 0 Å². The second-order valence-electron chi connectivity index (χ2n) is 6.35. The number of para-hydroxylation sites is 1. The Labute approximate surface area is 151 Å². The second kappa shape index (κ2) is 6.59. The zero-order valence-electron chi connectivity index (χ0n) is 14.6. The molecule has 1 aliphatic heterocycles. The van der Waals surface area contributed by atoms with E-state index in [0.717, 1.165) is 29.1 Å². The number of hydrogen-bond donors (Lipinski definition) is 1. The van der Waals surface area contributed by atoms with E-state index in [2.05, 4.69) is 20.4 Å². The molecular formula is C19H19N5O2. The normalized spacial score (nSPS) is 15.8. The molecule has 0 aliphatic carbocycles. The summed E-state index contributed by atoms with van der Waals surface area (Å²) in [5.41, 5.74) is 3.52. The molecule has 0 saturated carbocycles. The van der Waals surface area contributed by atoms with Gasteiger partial charge in [-0.15, -0.1) is 0 Å². The molecule has 7 heteroatoms. The van der Waals surface area contributed by atoms with Gasteiger partial charge in [0, 0.05) is 5.69 Å². The predicted molar refractivity (Wildman–Crippen MR) is 96.4 cm³/mol. The minimum absolute atomic E-state index is 0.193. The first-order valence-electron chi connectivity index (χ1n) is 8.51. The lowest BCUT2D eigenvalue weighted by Crippen LogP contribution is -2.35. The molecule has 4 rings (SSSR count). The molecule has 1 amide bonds. The molecule has 0 radical (unpaired) electrons. The number of carbonyl (C=O) groups excluding carboxylic acids is 1. The number of fused-ring (bicyclic) bond motifs is 1. The van der Waals surface area contributed by atoms with Crippen molar-refractivity contribution < 1.29 is 9.53 Å². The van der Waals surface area contributed by atoms with E-state index < -0.39 is 6.10 Å². The smallest absolute Gasteiger partial charge is 0.265 e. The minimum Gasteiger partial charge on any atom is -0.480 e. The third-order valence-electron chi connectivity index (χ3n) is 4.31. The zero-order valence-corrected chi connectivity index (χ0v) is 14.6. The van der Waals surface area contributed by atoms with Crippen molar-refractivity contribution in [3.8, 4) is 11.7 Å². The molecule has 1 aromatic carbocycles. The first-order chi connectivity index (χ1) is 12.6. The van der Waals surface area contributed by atoms with Gasteiger partial charge in [0.25, 0.3) is 11.9 Å². The SMILES string of the molecule is Cc1cc(C)n(-c2ncc(NC(=O)C3CCc4ccccc4O3)cn2)n1. The molecule has 1 aliphatic rings. The van der Waals surface area contributed by atoms with Crippen LogP contribution >= 0.6 is 0 Å². The van der Waals surface area contributed by atoms with E-state index in [1.54, 1.807) is 17.1 Å². The number of carbonyl (C=O) groups is 1. The van der Waals surface area contributed by atoms with Gasteiger partial charge < -0.3 is 10.1 Å². The Morgan fingerprint density at radius 2 is 2.00 bits per heavy atom. The first-order valence-corrected chi connectivity index (χ1v) is 8.51. The van der Waals surface area contributed by atoms with Crippen molar-refractivity contribution in [2.75, 3.05) is 5.32 Å². The van der Waals surface area contributed by atoms with E-state index in [0.29, 0.717) is 18.1 Å². The fourth-order valence-electron chi connectivity index (χ4n) is 3.06. The number of benzene rings is 1. The maximum absolute atomic E-state index is 12.5. The molecule has 1 N–H and O–H groups in total. The van der Waals surface area contributed by atoms with E-state index in [1.165, 1.54) is 0 Å². The fourth-order valence-corrected chi connectivity index (χ4v) is 3.06. The molecule has 132 valence electrons. The van der Waals surface area contributed by atoms with Crippen molar-refractivity contribution >= 4 is 11.6 Å². The van der Waals surface area contributed by atoms with E-state index >= 15 is 0 Å². The first kappa shape index (κ1) is 16.3.